The van der Waals surface area contributed by atoms with Gasteiger partial charge in [-0.1, -0.05) is 6.07 Å². The molecule has 7 nitrogen and oxygen atoms in total. The van der Waals surface area contributed by atoms with Crippen LogP contribution in [0.15, 0.2) is 42.7 Å². The molecule has 0 spiro atoms. The molecule has 1 N–H and O–H groups in total. The Bertz CT molecular complexity index is 1050. The maximum atomic E-state index is 12.7. The van der Waals surface area contributed by atoms with Gasteiger partial charge in [0.15, 0.2) is 11.5 Å². The molecule has 0 atom stereocenters. The Labute approximate surface area is 168 Å². The molecule has 1 aromatic carbocycles. The average Bonchev–Trinajstić information content (AvgIpc) is 3.33. The SMILES string of the molecule is Cn1ccc(-c2ccc(Cc3cc4c(c(C(=O)NC5CCC5)c3)OCO4)cn2)n1. The van der Waals surface area contributed by atoms with E-state index in [1.165, 1.54) is 6.42 Å². The molecule has 7 heteroatoms. The van der Waals surface area contributed by atoms with Crippen molar-refractivity contribution < 1.29 is 14.3 Å². The normalized spacial score (nSPS) is 15.2. The van der Waals surface area contributed by atoms with Gasteiger partial charge in [-0.2, -0.15) is 5.10 Å². The first-order chi connectivity index (χ1) is 14.2. The number of nitrogens with zero attached hydrogens (tertiary/aromatic N) is 3. The highest BCUT2D eigenvalue weighted by Gasteiger charge is 2.26. The second-order valence-corrected chi connectivity index (χ2v) is 7.58. The molecule has 1 fully saturated rings. The smallest absolute Gasteiger partial charge is 0.255 e. The number of nitrogens with one attached hydrogen (secondary N) is 1. The van der Waals surface area contributed by atoms with Gasteiger partial charge in [0, 0.05) is 25.5 Å². The molecule has 1 saturated carbocycles. The zero-order valence-electron chi connectivity index (χ0n) is 16.2. The topological polar surface area (TPSA) is 78.3 Å². The average molecular weight is 390 g/mol. The molecular weight excluding hydrogens is 368 g/mol. The third kappa shape index (κ3) is 3.55. The fourth-order valence-corrected chi connectivity index (χ4v) is 3.62. The number of fused-ring (bicyclic) bond motifs is 1. The largest absolute Gasteiger partial charge is 0.454 e. The lowest BCUT2D eigenvalue weighted by atomic mass is 9.92. The highest BCUT2D eigenvalue weighted by atomic mass is 16.7. The molecule has 0 bridgehead atoms. The second kappa shape index (κ2) is 7.24. The predicted octanol–water partition coefficient (Wildman–Crippen LogP) is 3.08. The molecule has 2 aliphatic rings. The van der Waals surface area contributed by atoms with E-state index < -0.39 is 0 Å². The molecule has 3 aromatic rings. The Balaban J connectivity index is 1.38. The number of amides is 1. The Kier molecular flexibility index (Phi) is 4.42. The summed E-state index contributed by atoms with van der Waals surface area (Å²) in [5.74, 6) is 1.07. The third-order valence-electron chi connectivity index (χ3n) is 5.43. The molecule has 0 radical (unpaired) electrons. The summed E-state index contributed by atoms with van der Waals surface area (Å²) in [6.07, 6.45) is 7.65. The maximum Gasteiger partial charge on any atom is 0.255 e. The van der Waals surface area contributed by atoms with Crippen LogP contribution >= 0.6 is 0 Å². The number of aryl methyl sites for hydroxylation is 1. The van der Waals surface area contributed by atoms with Crippen LogP contribution in [0.3, 0.4) is 0 Å². The number of aromatic nitrogens is 3. The first kappa shape index (κ1) is 17.7. The van der Waals surface area contributed by atoms with Crippen molar-refractivity contribution in [3.05, 3.63) is 59.4 Å². The summed E-state index contributed by atoms with van der Waals surface area (Å²) in [7, 11) is 1.89. The van der Waals surface area contributed by atoms with Gasteiger partial charge in [0.05, 0.1) is 11.3 Å². The molecule has 3 heterocycles. The van der Waals surface area contributed by atoms with Crippen LogP contribution in [0.25, 0.3) is 11.4 Å². The molecule has 5 rings (SSSR count). The minimum Gasteiger partial charge on any atom is -0.454 e. The maximum absolute atomic E-state index is 12.7. The zero-order valence-corrected chi connectivity index (χ0v) is 16.2. The van der Waals surface area contributed by atoms with Gasteiger partial charge in [-0.3, -0.25) is 14.5 Å². The summed E-state index contributed by atoms with van der Waals surface area (Å²) in [5.41, 5.74) is 4.26. The Morgan fingerprint density at radius 3 is 2.76 bits per heavy atom. The van der Waals surface area contributed by atoms with Crippen LogP contribution in [0, 0.1) is 0 Å². The predicted molar refractivity (Wildman–Crippen MR) is 107 cm³/mol. The number of hydrogen-bond donors (Lipinski definition) is 1. The van der Waals surface area contributed by atoms with Gasteiger partial charge in [0.25, 0.3) is 5.91 Å². The number of rotatable bonds is 5. The number of carbonyl (C=O) groups excluding carboxylic acids is 1. The van der Waals surface area contributed by atoms with Gasteiger partial charge in [-0.05, 0) is 61.1 Å². The monoisotopic (exact) mass is 390 g/mol. The lowest BCUT2D eigenvalue weighted by Gasteiger charge is -2.26. The van der Waals surface area contributed by atoms with Crippen molar-refractivity contribution in [2.24, 2.45) is 7.05 Å². The van der Waals surface area contributed by atoms with Crippen LogP contribution in [0.2, 0.25) is 0 Å². The van der Waals surface area contributed by atoms with Gasteiger partial charge in [0.2, 0.25) is 6.79 Å². The van der Waals surface area contributed by atoms with Crippen molar-refractivity contribution in [2.45, 2.75) is 31.7 Å². The Hall–Kier alpha value is -3.35. The molecule has 148 valence electrons. The first-order valence-corrected chi connectivity index (χ1v) is 9.84. The summed E-state index contributed by atoms with van der Waals surface area (Å²) in [6, 6.07) is 10.0. The van der Waals surface area contributed by atoms with Gasteiger partial charge < -0.3 is 14.8 Å². The molecule has 0 saturated heterocycles. The fraction of sp³-hybridized carbons (Fsp3) is 0.318. The summed E-state index contributed by atoms with van der Waals surface area (Å²) < 4.78 is 12.9. The molecule has 1 aliphatic carbocycles. The molecule has 29 heavy (non-hydrogen) atoms. The van der Waals surface area contributed by atoms with Crippen LogP contribution in [-0.2, 0) is 13.5 Å². The van der Waals surface area contributed by atoms with Crippen molar-refractivity contribution in [3.8, 4) is 22.9 Å². The second-order valence-electron chi connectivity index (χ2n) is 7.58. The van der Waals surface area contributed by atoms with Crippen molar-refractivity contribution in [2.75, 3.05) is 6.79 Å². The molecule has 1 aliphatic heterocycles. The third-order valence-corrected chi connectivity index (χ3v) is 5.43. The number of ether oxygens (including phenoxy) is 2. The van der Waals surface area contributed by atoms with Crippen LogP contribution < -0.4 is 14.8 Å². The molecule has 2 aromatic heterocycles. The van der Waals surface area contributed by atoms with E-state index in [2.05, 4.69) is 15.4 Å². The van der Waals surface area contributed by atoms with Crippen molar-refractivity contribution >= 4 is 5.91 Å². The number of benzene rings is 1. The van der Waals surface area contributed by atoms with E-state index in [4.69, 9.17) is 9.47 Å². The standard InChI is InChI=1S/C22H22N4O3/c1-26-8-7-19(25-26)18-6-5-14(12-23-18)9-15-10-17(21-20(11-15)28-13-29-21)22(27)24-16-3-2-4-16/h5-8,10-12,16H,2-4,9,13H2,1H3,(H,24,27). The minimum atomic E-state index is -0.0954. The van der Waals surface area contributed by atoms with E-state index in [0.29, 0.717) is 23.5 Å². The Morgan fingerprint density at radius 1 is 1.17 bits per heavy atom. The van der Waals surface area contributed by atoms with E-state index >= 15 is 0 Å². The van der Waals surface area contributed by atoms with Gasteiger partial charge in [0.1, 0.15) is 5.69 Å². The molecular formula is C22H22N4O3. The van der Waals surface area contributed by atoms with Crippen molar-refractivity contribution in [1.82, 2.24) is 20.1 Å². The van der Waals surface area contributed by atoms with Crippen molar-refractivity contribution in [1.29, 1.82) is 0 Å². The van der Waals surface area contributed by atoms with Crippen LogP contribution in [-0.4, -0.2) is 33.5 Å². The summed E-state index contributed by atoms with van der Waals surface area (Å²) in [5, 5.41) is 7.46. The van der Waals surface area contributed by atoms with E-state index in [1.54, 1.807) is 4.68 Å². The van der Waals surface area contributed by atoms with Crippen LogP contribution in [0.4, 0.5) is 0 Å². The van der Waals surface area contributed by atoms with E-state index in [9.17, 15) is 4.79 Å². The highest BCUT2D eigenvalue weighted by Crippen LogP contribution is 2.37. The van der Waals surface area contributed by atoms with Gasteiger partial charge in [-0.25, -0.2) is 0 Å². The first-order valence-electron chi connectivity index (χ1n) is 9.84. The zero-order chi connectivity index (χ0) is 19.8. The highest BCUT2D eigenvalue weighted by molar-refractivity contribution is 5.98. The van der Waals surface area contributed by atoms with Crippen molar-refractivity contribution in [3.63, 3.8) is 0 Å². The minimum absolute atomic E-state index is 0.0954. The lowest BCUT2D eigenvalue weighted by Crippen LogP contribution is -2.39. The molecule has 1 amide bonds. The number of pyridine rings is 1. The van der Waals surface area contributed by atoms with Gasteiger partial charge in [-0.15, -0.1) is 0 Å². The van der Waals surface area contributed by atoms with Gasteiger partial charge >= 0.3 is 0 Å². The van der Waals surface area contributed by atoms with Crippen LogP contribution in [0.5, 0.6) is 11.5 Å². The molecule has 0 unspecified atom stereocenters. The number of hydrogen-bond acceptors (Lipinski definition) is 5. The van der Waals surface area contributed by atoms with E-state index in [1.807, 2.05) is 49.8 Å². The quantitative estimate of drug-likeness (QED) is 0.724. The summed E-state index contributed by atoms with van der Waals surface area (Å²) >= 11 is 0. The van der Waals surface area contributed by atoms with E-state index in [-0.39, 0.29) is 18.7 Å². The Morgan fingerprint density at radius 2 is 2.07 bits per heavy atom. The summed E-state index contributed by atoms with van der Waals surface area (Å²) in [6.45, 7) is 0.142. The number of carbonyl (C=O) groups is 1. The van der Waals surface area contributed by atoms with E-state index in [0.717, 1.165) is 35.4 Å². The lowest BCUT2D eigenvalue weighted by molar-refractivity contribution is 0.0912. The fourth-order valence-electron chi connectivity index (χ4n) is 3.62. The van der Waals surface area contributed by atoms with Crippen LogP contribution in [0.1, 0.15) is 40.7 Å². The summed E-state index contributed by atoms with van der Waals surface area (Å²) in [4.78, 5) is 17.3.